The van der Waals surface area contributed by atoms with Crippen LogP contribution in [0, 0.1) is 11.8 Å². The molecule has 2 aliphatic rings. The molecule has 2 saturated heterocycles. The van der Waals surface area contributed by atoms with Crippen LogP contribution >= 0.6 is 0 Å². The molecule has 2 aliphatic heterocycles. The van der Waals surface area contributed by atoms with Crippen LogP contribution < -0.4 is 10.1 Å². The minimum absolute atomic E-state index is 0.0359. The summed E-state index contributed by atoms with van der Waals surface area (Å²) in [4.78, 5) is 14.3. The zero-order valence-electron chi connectivity index (χ0n) is 14.1. The summed E-state index contributed by atoms with van der Waals surface area (Å²) in [6, 6.07) is 7.79. The first-order valence-electron chi connectivity index (χ1n) is 8.23. The van der Waals surface area contributed by atoms with E-state index in [0.29, 0.717) is 26.1 Å². The van der Waals surface area contributed by atoms with Gasteiger partial charge in [-0.1, -0.05) is 12.1 Å². The third-order valence-electron chi connectivity index (χ3n) is 5.22. The molecule has 0 unspecified atom stereocenters. The second-order valence-corrected chi connectivity index (χ2v) is 8.96. The molecule has 0 bridgehead atoms. The van der Waals surface area contributed by atoms with Crippen LogP contribution in [0.5, 0.6) is 5.75 Å². The average molecular weight is 352 g/mol. The van der Waals surface area contributed by atoms with Crippen LogP contribution in [0.15, 0.2) is 24.3 Å². The highest BCUT2D eigenvalue weighted by Crippen LogP contribution is 2.37. The van der Waals surface area contributed by atoms with Gasteiger partial charge < -0.3 is 10.1 Å². The van der Waals surface area contributed by atoms with E-state index in [9.17, 15) is 13.2 Å². The van der Waals surface area contributed by atoms with Crippen molar-refractivity contribution < 1.29 is 17.9 Å². The quantitative estimate of drug-likeness (QED) is 0.862. The van der Waals surface area contributed by atoms with Gasteiger partial charge in [-0.2, -0.15) is 0 Å². The van der Waals surface area contributed by atoms with Crippen molar-refractivity contribution in [2.24, 2.45) is 11.8 Å². The first-order valence-corrected chi connectivity index (χ1v) is 9.94. The molecule has 2 heterocycles. The molecule has 1 N–H and O–H groups in total. The zero-order chi connectivity index (χ0) is 17.3. The van der Waals surface area contributed by atoms with E-state index in [-0.39, 0.29) is 23.5 Å². The predicted octanol–water partition coefficient (Wildman–Crippen LogP) is 0.676. The maximum absolute atomic E-state index is 12.4. The van der Waals surface area contributed by atoms with Crippen LogP contribution in [0.3, 0.4) is 0 Å². The van der Waals surface area contributed by atoms with Crippen molar-refractivity contribution in [1.82, 2.24) is 10.2 Å². The monoisotopic (exact) mass is 352 g/mol. The Labute approximate surface area is 143 Å². The lowest BCUT2D eigenvalue weighted by atomic mass is 9.87. The van der Waals surface area contributed by atoms with Crippen molar-refractivity contribution in [1.29, 1.82) is 0 Å². The third kappa shape index (κ3) is 3.28. The minimum atomic E-state index is -3.11. The first-order chi connectivity index (χ1) is 11.4. The molecule has 3 rings (SSSR count). The van der Waals surface area contributed by atoms with Gasteiger partial charge in [-0.05, 0) is 24.1 Å². The number of ether oxygens (including phenoxy) is 1. The van der Waals surface area contributed by atoms with Crippen molar-refractivity contribution in [3.05, 3.63) is 29.8 Å². The number of nitrogens with one attached hydrogen (secondary N) is 1. The van der Waals surface area contributed by atoms with Crippen LogP contribution in [-0.4, -0.2) is 57.5 Å². The molecule has 7 heteroatoms. The zero-order valence-corrected chi connectivity index (χ0v) is 14.9. The molecule has 1 aromatic carbocycles. The number of carbonyl (C=O) groups is 1. The van der Waals surface area contributed by atoms with Crippen LogP contribution in [0.2, 0.25) is 0 Å². The molecule has 132 valence electrons. The smallest absolute Gasteiger partial charge is 0.223 e. The Morgan fingerprint density at radius 2 is 2.00 bits per heavy atom. The van der Waals surface area contributed by atoms with E-state index in [1.165, 1.54) is 0 Å². The molecule has 0 aromatic heterocycles. The Hall–Kier alpha value is -1.60. The molecular weight excluding hydrogens is 328 g/mol. The number of likely N-dealkylation sites (tertiary alicyclic amines) is 1. The molecule has 1 aromatic rings. The highest BCUT2D eigenvalue weighted by Gasteiger charge is 2.50. The highest BCUT2D eigenvalue weighted by molar-refractivity contribution is 7.92. The van der Waals surface area contributed by atoms with Crippen molar-refractivity contribution >= 4 is 15.7 Å². The van der Waals surface area contributed by atoms with Crippen molar-refractivity contribution in [2.45, 2.75) is 18.2 Å². The summed E-state index contributed by atoms with van der Waals surface area (Å²) >= 11 is 0. The van der Waals surface area contributed by atoms with Crippen LogP contribution in [-0.2, 0) is 21.2 Å². The number of rotatable bonds is 4. The fourth-order valence-corrected chi connectivity index (χ4v) is 6.06. The molecule has 0 spiro atoms. The summed E-state index contributed by atoms with van der Waals surface area (Å²) in [5.74, 6) is 0.566. The Morgan fingerprint density at radius 3 is 2.62 bits per heavy atom. The van der Waals surface area contributed by atoms with Gasteiger partial charge in [-0.15, -0.1) is 0 Å². The molecule has 0 saturated carbocycles. The molecule has 0 radical (unpaired) electrons. The lowest BCUT2D eigenvalue weighted by molar-refractivity contribution is -0.126. The lowest BCUT2D eigenvalue weighted by Crippen LogP contribution is -2.46. The average Bonchev–Trinajstić information content (AvgIpc) is 3.00. The SMILES string of the molecule is CNC(=O)[C@H]1CCS(=O)(=O)[C@@H]2CN(Cc3ccc(OC)cc3)C[C@H]12. The Morgan fingerprint density at radius 1 is 1.29 bits per heavy atom. The number of carbonyl (C=O) groups excluding carboxylic acids is 1. The summed E-state index contributed by atoms with van der Waals surface area (Å²) in [6.45, 7) is 1.84. The van der Waals surface area contributed by atoms with Gasteiger partial charge in [0.1, 0.15) is 5.75 Å². The van der Waals surface area contributed by atoms with E-state index in [1.54, 1.807) is 14.2 Å². The summed E-state index contributed by atoms with van der Waals surface area (Å²) in [5.41, 5.74) is 1.11. The van der Waals surface area contributed by atoms with Crippen molar-refractivity contribution in [3.8, 4) is 5.75 Å². The second-order valence-electron chi connectivity index (χ2n) is 6.62. The first kappa shape index (κ1) is 17.2. The molecule has 24 heavy (non-hydrogen) atoms. The topological polar surface area (TPSA) is 75.7 Å². The largest absolute Gasteiger partial charge is 0.497 e. The Balaban J connectivity index is 1.75. The number of hydrogen-bond donors (Lipinski definition) is 1. The fourth-order valence-electron chi connectivity index (χ4n) is 3.93. The van der Waals surface area contributed by atoms with Gasteiger partial charge in [-0.25, -0.2) is 8.42 Å². The van der Waals surface area contributed by atoms with Gasteiger partial charge in [-0.3, -0.25) is 9.69 Å². The predicted molar refractivity (Wildman–Crippen MR) is 91.5 cm³/mol. The summed E-state index contributed by atoms with van der Waals surface area (Å²) in [5, 5.41) is 2.26. The van der Waals surface area contributed by atoms with Crippen LogP contribution in [0.4, 0.5) is 0 Å². The van der Waals surface area contributed by atoms with Crippen LogP contribution in [0.1, 0.15) is 12.0 Å². The normalized spacial score (nSPS) is 29.0. The summed E-state index contributed by atoms with van der Waals surface area (Å²) in [6.07, 6.45) is 0.430. The highest BCUT2D eigenvalue weighted by atomic mass is 32.2. The number of hydrogen-bond acceptors (Lipinski definition) is 5. The molecule has 6 nitrogen and oxygen atoms in total. The number of sulfone groups is 1. The maximum atomic E-state index is 12.4. The van der Waals surface area contributed by atoms with Gasteiger partial charge in [0.25, 0.3) is 0 Å². The van der Waals surface area contributed by atoms with E-state index in [1.807, 2.05) is 24.3 Å². The van der Waals surface area contributed by atoms with Gasteiger partial charge in [0.2, 0.25) is 5.91 Å². The van der Waals surface area contributed by atoms with E-state index in [4.69, 9.17) is 4.74 Å². The van der Waals surface area contributed by atoms with E-state index >= 15 is 0 Å². The Bertz CT molecular complexity index is 702. The second kappa shape index (κ2) is 6.72. The van der Waals surface area contributed by atoms with E-state index < -0.39 is 15.1 Å². The maximum Gasteiger partial charge on any atom is 0.223 e. The third-order valence-corrected chi connectivity index (χ3v) is 7.45. The van der Waals surface area contributed by atoms with Crippen molar-refractivity contribution in [3.63, 3.8) is 0 Å². The standard InChI is InChI=1S/C17H24N2O4S/c1-18-17(20)14-7-8-24(21,22)16-11-19(10-15(14)16)9-12-3-5-13(23-2)6-4-12/h3-6,14-16H,7-11H2,1-2H3,(H,18,20)/t14-,15+,16+/m0/s1. The molecule has 1 amide bonds. The number of benzene rings is 1. The fraction of sp³-hybridized carbons (Fsp3) is 0.588. The number of fused-ring (bicyclic) bond motifs is 1. The van der Waals surface area contributed by atoms with E-state index in [0.717, 1.165) is 11.3 Å². The Kier molecular flexibility index (Phi) is 4.83. The summed E-state index contributed by atoms with van der Waals surface area (Å²) < 4.78 is 30.0. The van der Waals surface area contributed by atoms with Gasteiger partial charge in [0.15, 0.2) is 9.84 Å². The number of amides is 1. The minimum Gasteiger partial charge on any atom is -0.497 e. The molecule has 0 aliphatic carbocycles. The van der Waals surface area contributed by atoms with Gasteiger partial charge in [0, 0.05) is 38.5 Å². The number of methoxy groups -OCH3 is 1. The van der Waals surface area contributed by atoms with E-state index in [2.05, 4.69) is 10.2 Å². The lowest BCUT2D eigenvalue weighted by Gasteiger charge is -2.31. The number of nitrogens with zero attached hydrogens (tertiary/aromatic N) is 1. The van der Waals surface area contributed by atoms with Crippen LogP contribution in [0.25, 0.3) is 0 Å². The van der Waals surface area contributed by atoms with Gasteiger partial charge >= 0.3 is 0 Å². The van der Waals surface area contributed by atoms with Crippen molar-refractivity contribution in [2.75, 3.05) is 33.0 Å². The summed E-state index contributed by atoms with van der Waals surface area (Å²) in [7, 11) is 0.132. The molecular formula is C17H24N2O4S. The molecule has 2 fully saturated rings. The van der Waals surface area contributed by atoms with Gasteiger partial charge in [0.05, 0.1) is 18.1 Å². The molecule has 3 atom stereocenters.